The molecule has 0 aliphatic heterocycles. The Hall–Kier alpha value is 0.00688. The molecule has 0 spiro atoms. The Morgan fingerprint density at radius 2 is 1.80 bits per heavy atom. The molecule has 0 heterocycles. The lowest BCUT2D eigenvalue weighted by Crippen LogP contribution is -2.41. The van der Waals surface area contributed by atoms with Gasteiger partial charge in [-0.2, -0.15) is 0 Å². The van der Waals surface area contributed by atoms with E-state index in [2.05, 4.69) is 3.87 Å². The lowest BCUT2D eigenvalue weighted by Gasteiger charge is -2.07. The van der Waals surface area contributed by atoms with Crippen LogP contribution < -0.4 is 0 Å². The van der Waals surface area contributed by atoms with E-state index < -0.39 is 24.9 Å². The lowest BCUT2D eigenvalue weighted by molar-refractivity contribution is 0.132. The first kappa shape index (κ1) is 10.0. The Labute approximate surface area is 59.3 Å². The number of hydrogen-bond donors (Lipinski definition) is 3. The van der Waals surface area contributed by atoms with Gasteiger partial charge in [0.15, 0.2) is 0 Å². The van der Waals surface area contributed by atoms with E-state index in [0.717, 1.165) is 0 Å². The standard InChI is InChI=1S/C2H8O6SSi/c1-2-9(3,4)8-10(5,6)7/h5-7H,2H2,1H3. The van der Waals surface area contributed by atoms with Gasteiger partial charge in [-0.3, -0.25) is 0 Å². The Morgan fingerprint density at radius 3 is 1.90 bits per heavy atom. The molecular formula is C2H8O6SSi. The first-order chi connectivity index (χ1) is 4.27. The summed E-state index contributed by atoms with van der Waals surface area (Å²) in [6, 6.07) is 0. The molecule has 0 aliphatic rings. The SMILES string of the molecule is CCS(=O)(=O)O[Si](O)(O)O. The molecular weight excluding hydrogens is 180 g/mol. The van der Waals surface area contributed by atoms with Crippen molar-refractivity contribution in [3.8, 4) is 0 Å². The fourth-order valence-electron chi connectivity index (χ4n) is 0.229. The summed E-state index contributed by atoms with van der Waals surface area (Å²) in [5.74, 6) is -0.413. The van der Waals surface area contributed by atoms with Crippen molar-refractivity contribution in [1.82, 2.24) is 0 Å². The zero-order chi connectivity index (χ0) is 8.41. The highest BCUT2D eigenvalue weighted by molar-refractivity contribution is 7.87. The van der Waals surface area contributed by atoms with Crippen LogP contribution in [0.25, 0.3) is 0 Å². The highest BCUT2D eigenvalue weighted by Crippen LogP contribution is 1.98. The molecule has 0 saturated carbocycles. The van der Waals surface area contributed by atoms with Gasteiger partial charge in [0.05, 0.1) is 5.75 Å². The molecule has 0 aromatic heterocycles. The fraction of sp³-hybridized carbons (Fsp3) is 1.00. The Bertz CT molecular complexity index is 188. The summed E-state index contributed by atoms with van der Waals surface area (Å²) in [6.45, 7) is 1.25. The average molecular weight is 188 g/mol. The van der Waals surface area contributed by atoms with Gasteiger partial charge in [-0.15, -0.1) is 0 Å². The minimum atomic E-state index is -4.90. The largest absolute Gasteiger partial charge is 0.686 e. The molecule has 0 fully saturated rings. The molecule has 0 radical (unpaired) electrons. The predicted octanol–water partition coefficient (Wildman–Crippen LogP) is -2.23. The number of rotatable bonds is 3. The zero-order valence-corrected chi connectivity index (χ0v) is 7.00. The van der Waals surface area contributed by atoms with Crippen LogP contribution in [0.15, 0.2) is 0 Å². The van der Waals surface area contributed by atoms with Crippen molar-refractivity contribution in [2.24, 2.45) is 0 Å². The Morgan fingerprint density at radius 1 is 1.40 bits per heavy atom. The quantitative estimate of drug-likeness (QED) is 0.433. The molecule has 6 nitrogen and oxygen atoms in total. The summed E-state index contributed by atoms with van der Waals surface area (Å²) in [7, 11) is -8.87. The van der Waals surface area contributed by atoms with E-state index in [4.69, 9.17) is 14.4 Å². The first-order valence-corrected chi connectivity index (χ1v) is 5.70. The van der Waals surface area contributed by atoms with Crippen LogP contribution in [0, 0.1) is 0 Å². The van der Waals surface area contributed by atoms with E-state index in [9.17, 15) is 8.42 Å². The van der Waals surface area contributed by atoms with Gasteiger partial charge in [-0.05, 0) is 6.92 Å². The maximum atomic E-state index is 10.3. The Balaban J connectivity index is 4.18. The van der Waals surface area contributed by atoms with Gasteiger partial charge in [-0.1, -0.05) is 0 Å². The van der Waals surface area contributed by atoms with Crippen LogP contribution in [0.5, 0.6) is 0 Å². The van der Waals surface area contributed by atoms with Gasteiger partial charge < -0.3 is 14.4 Å². The van der Waals surface area contributed by atoms with Crippen molar-refractivity contribution < 1.29 is 26.7 Å². The molecule has 0 rings (SSSR count). The van der Waals surface area contributed by atoms with E-state index in [1.807, 2.05) is 0 Å². The second-order valence-corrected chi connectivity index (χ2v) is 5.01. The highest BCUT2D eigenvalue weighted by atomic mass is 32.2. The minimum Gasteiger partial charge on any atom is -0.367 e. The lowest BCUT2D eigenvalue weighted by atomic mass is 11.0. The van der Waals surface area contributed by atoms with Gasteiger partial charge in [0.1, 0.15) is 0 Å². The molecule has 8 heteroatoms. The van der Waals surface area contributed by atoms with Crippen molar-refractivity contribution in [2.45, 2.75) is 6.92 Å². The number of hydrogen-bond acceptors (Lipinski definition) is 6. The third kappa shape index (κ3) is 4.85. The molecule has 62 valence electrons. The summed E-state index contributed by atoms with van der Waals surface area (Å²) in [4.78, 5) is 24.4. The summed E-state index contributed by atoms with van der Waals surface area (Å²) in [5.41, 5.74) is 0. The summed E-state index contributed by atoms with van der Waals surface area (Å²) in [6.07, 6.45) is 0. The second-order valence-electron chi connectivity index (χ2n) is 1.50. The minimum absolute atomic E-state index is 0.413. The second kappa shape index (κ2) is 2.94. The smallest absolute Gasteiger partial charge is 0.367 e. The molecule has 10 heavy (non-hydrogen) atoms. The van der Waals surface area contributed by atoms with Crippen LogP contribution in [-0.4, -0.2) is 37.6 Å². The topological polar surface area (TPSA) is 104 Å². The van der Waals surface area contributed by atoms with Crippen molar-refractivity contribution in [3.05, 3.63) is 0 Å². The zero-order valence-electron chi connectivity index (χ0n) is 5.18. The molecule has 0 bridgehead atoms. The van der Waals surface area contributed by atoms with Crippen LogP contribution in [0.2, 0.25) is 0 Å². The van der Waals surface area contributed by atoms with Crippen molar-refractivity contribution >= 4 is 19.2 Å². The van der Waals surface area contributed by atoms with E-state index >= 15 is 0 Å². The Kier molecular flexibility index (Phi) is 2.95. The molecule has 0 unspecified atom stereocenters. The third-order valence-corrected chi connectivity index (χ3v) is 3.21. The van der Waals surface area contributed by atoms with Gasteiger partial charge in [0.25, 0.3) is 10.1 Å². The monoisotopic (exact) mass is 188 g/mol. The highest BCUT2D eigenvalue weighted by Gasteiger charge is 2.36. The summed E-state index contributed by atoms with van der Waals surface area (Å²) < 4.78 is 24.2. The molecule has 0 saturated heterocycles. The molecule has 0 aliphatic carbocycles. The van der Waals surface area contributed by atoms with E-state index in [1.54, 1.807) is 0 Å². The van der Waals surface area contributed by atoms with E-state index in [-0.39, 0.29) is 0 Å². The summed E-state index contributed by atoms with van der Waals surface area (Å²) in [5, 5.41) is 0. The maximum Gasteiger partial charge on any atom is 0.686 e. The molecule has 0 aromatic rings. The normalized spacial score (nSPS) is 13.6. The third-order valence-electron chi connectivity index (χ3n) is 0.592. The van der Waals surface area contributed by atoms with Gasteiger partial charge in [-0.25, -0.2) is 12.3 Å². The van der Waals surface area contributed by atoms with Crippen LogP contribution in [0.1, 0.15) is 6.92 Å². The maximum absolute atomic E-state index is 10.3. The van der Waals surface area contributed by atoms with Crippen LogP contribution >= 0.6 is 0 Å². The van der Waals surface area contributed by atoms with Gasteiger partial charge in [0.2, 0.25) is 0 Å². The average Bonchev–Trinajstić information content (AvgIpc) is 1.60. The molecule has 0 atom stereocenters. The van der Waals surface area contributed by atoms with Gasteiger partial charge in [0, 0.05) is 0 Å². The van der Waals surface area contributed by atoms with Crippen LogP contribution in [-0.2, 0) is 14.0 Å². The van der Waals surface area contributed by atoms with E-state index in [0.29, 0.717) is 0 Å². The van der Waals surface area contributed by atoms with E-state index in [1.165, 1.54) is 6.92 Å². The van der Waals surface area contributed by atoms with Gasteiger partial charge >= 0.3 is 9.05 Å². The molecule has 0 amide bonds. The van der Waals surface area contributed by atoms with Crippen LogP contribution in [0.3, 0.4) is 0 Å². The van der Waals surface area contributed by atoms with Crippen molar-refractivity contribution in [1.29, 1.82) is 0 Å². The fourth-order valence-corrected chi connectivity index (χ4v) is 2.06. The van der Waals surface area contributed by atoms with Crippen molar-refractivity contribution in [3.63, 3.8) is 0 Å². The molecule has 3 N–H and O–H groups in total. The molecule has 0 aromatic carbocycles. The van der Waals surface area contributed by atoms with Crippen LogP contribution in [0.4, 0.5) is 0 Å². The first-order valence-electron chi connectivity index (χ1n) is 2.37. The summed E-state index contributed by atoms with van der Waals surface area (Å²) >= 11 is 0. The predicted molar refractivity (Wildman–Crippen MR) is 33.0 cm³/mol. The van der Waals surface area contributed by atoms with Crippen molar-refractivity contribution in [2.75, 3.05) is 5.75 Å².